The Hall–Kier alpha value is -2.53. The molecule has 0 spiro atoms. The van der Waals surface area contributed by atoms with Gasteiger partial charge in [0.2, 0.25) is 5.91 Å². The van der Waals surface area contributed by atoms with Crippen LogP contribution < -0.4 is 4.74 Å². The summed E-state index contributed by atoms with van der Waals surface area (Å²) in [7, 11) is 1.58. The maximum absolute atomic E-state index is 12.9. The Balaban J connectivity index is 1.45. The topological polar surface area (TPSA) is 113 Å². The molecule has 1 fully saturated rings. The van der Waals surface area contributed by atoms with Gasteiger partial charge in [0, 0.05) is 29.0 Å². The lowest BCUT2D eigenvalue weighted by Gasteiger charge is -2.37. The third-order valence-electron chi connectivity index (χ3n) is 5.74. The maximum atomic E-state index is 12.9. The molecule has 4 rings (SSSR count). The Labute approximate surface area is 199 Å². The summed E-state index contributed by atoms with van der Waals surface area (Å²) in [6.07, 6.45) is 2.40. The van der Waals surface area contributed by atoms with Crippen LogP contribution in [0.15, 0.2) is 35.5 Å². The molecular weight excluding hydrogens is 462 g/mol. The normalized spacial score (nSPS) is 15.6. The van der Waals surface area contributed by atoms with Gasteiger partial charge in [-0.15, -0.1) is 11.3 Å². The van der Waals surface area contributed by atoms with Crippen LogP contribution in [-0.2, 0) is 10.4 Å². The summed E-state index contributed by atoms with van der Waals surface area (Å²) in [4.78, 5) is 36.4. The highest BCUT2D eigenvalue weighted by atomic mass is 32.2. The number of carbonyl (C=O) groups is 2. The number of aryl methyl sites for hydroxylation is 1. The van der Waals surface area contributed by atoms with Crippen LogP contribution in [0, 0.1) is 6.92 Å². The van der Waals surface area contributed by atoms with Gasteiger partial charge in [0.05, 0.1) is 29.5 Å². The molecule has 4 heterocycles. The standard InChI is InChI=1S/C23H25N3O5S2/c1-14-9-17-16(10-15(31-2)11-24-17)22(25-14)32-13-18(28)19-3-4-20(33-19)23(30)5-7-26(8-6-23)21(29)12-27/h3-4,9-11,27,30H,5-8,12-13H2,1-2H3. The first-order valence-corrected chi connectivity index (χ1v) is 12.3. The van der Waals surface area contributed by atoms with Crippen molar-refractivity contribution in [2.75, 3.05) is 32.6 Å². The van der Waals surface area contributed by atoms with Crippen LogP contribution in [0.4, 0.5) is 0 Å². The summed E-state index contributed by atoms with van der Waals surface area (Å²) in [5.41, 5.74) is 0.547. The van der Waals surface area contributed by atoms with Gasteiger partial charge in [-0.05, 0) is 44.0 Å². The number of methoxy groups -OCH3 is 1. The van der Waals surface area contributed by atoms with Gasteiger partial charge in [0.25, 0.3) is 0 Å². The average Bonchev–Trinajstić information content (AvgIpc) is 3.33. The van der Waals surface area contributed by atoms with Crippen molar-refractivity contribution >= 4 is 45.7 Å². The van der Waals surface area contributed by atoms with Crippen molar-refractivity contribution in [1.82, 2.24) is 14.9 Å². The Morgan fingerprint density at radius 1 is 1.27 bits per heavy atom. The van der Waals surface area contributed by atoms with E-state index in [-0.39, 0.29) is 17.4 Å². The van der Waals surface area contributed by atoms with Crippen molar-refractivity contribution in [3.05, 3.63) is 45.9 Å². The molecular formula is C23H25N3O5S2. The number of thiophene rings is 1. The minimum Gasteiger partial charge on any atom is -0.495 e. The molecule has 0 aromatic carbocycles. The number of thioether (sulfide) groups is 1. The molecule has 1 aliphatic heterocycles. The second kappa shape index (κ2) is 9.76. The third-order valence-corrected chi connectivity index (χ3v) is 8.05. The van der Waals surface area contributed by atoms with E-state index >= 15 is 0 Å². The van der Waals surface area contributed by atoms with Crippen LogP contribution in [-0.4, -0.2) is 69.3 Å². The number of amides is 1. The molecule has 1 amide bonds. The number of carbonyl (C=O) groups excluding carboxylic acids is 2. The lowest BCUT2D eigenvalue weighted by Crippen LogP contribution is -2.45. The number of aliphatic hydroxyl groups excluding tert-OH is 1. The number of ketones is 1. The van der Waals surface area contributed by atoms with E-state index in [0.29, 0.717) is 36.6 Å². The zero-order valence-electron chi connectivity index (χ0n) is 18.4. The van der Waals surface area contributed by atoms with Gasteiger partial charge in [0.15, 0.2) is 5.78 Å². The van der Waals surface area contributed by atoms with E-state index in [1.165, 1.54) is 23.1 Å². The average molecular weight is 488 g/mol. The number of hydrogen-bond donors (Lipinski definition) is 2. The van der Waals surface area contributed by atoms with Gasteiger partial charge >= 0.3 is 0 Å². The van der Waals surface area contributed by atoms with Gasteiger partial charge in [-0.3, -0.25) is 14.6 Å². The van der Waals surface area contributed by atoms with Gasteiger partial charge in [0.1, 0.15) is 23.0 Å². The van der Waals surface area contributed by atoms with E-state index in [9.17, 15) is 14.7 Å². The highest BCUT2D eigenvalue weighted by Gasteiger charge is 2.36. The first kappa shape index (κ1) is 23.6. The Morgan fingerprint density at radius 2 is 2.03 bits per heavy atom. The van der Waals surface area contributed by atoms with Crippen molar-refractivity contribution in [3.8, 4) is 5.75 Å². The number of aliphatic hydroxyl groups is 2. The van der Waals surface area contributed by atoms with Crippen molar-refractivity contribution in [1.29, 1.82) is 0 Å². The van der Waals surface area contributed by atoms with E-state index in [4.69, 9.17) is 9.84 Å². The fourth-order valence-electron chi connectivity index (χ4n) is 3.83. The molecule has 0 atom stereocenters. The molecule has 174 valence electrons. The number of fused-ring (bicyclic) bond motifs is 1. The SMILES string of the molecule is COc1cnc2cc(C)nc(SCC(=O)c3ccc(C4(O)CCN(C(=O)CO)CC4)s3)c2c1. The number of Topliss-reactive ketones (excluding diaryl/α,β-unsaturated/α-hetero) is 1. The highest BCUT2D eigenvalue weighted by molar-refractivity contribution is 8.00. The van der Waals surface area contributed by atoms with E-state index in [1.807, 2.05) is 19.1 Å². The van der Waals surface area contributed by atoms with Crippen LogP contribution in [0.1, 0.15) is 33.1 Å². The fourth-order valence-corrected chi connectivity index (χ4v) is 5.96. The van der Waals surface area contributed by atoms with Gasteiger partial charge < -0.3 is 19.8 Å². The van der Waals surface area contributed by atoms with Gasteiger partial charge in [-0.1, -0.05) is 11.8 Å². The number of piperidine rings is 1. The van der Waals surface area contributed by atoms with Crippen LogP contribution >= 0.6 is 23.1 Å². The second-order valence-corrected chi connectivity index (χ2v) is 10.0. The Bertz CT molecular complexity index is 1190. The first-order chi connectivity index (χ1) is 15.8. The van der Waals surface area contributed by atoms with Gasteiger partial charge in [-0.25, -0.2) is 4.98 Å². The quantitative estimate of drug-likeness (QED) is 0.386. The summed E-state index contributed by atoms with van der Waals surface area (Å²) >= 11 is 2.65. The fraction of sp³-hybridized carbons (Fsp3) is 0.391. The lowest BCUT2D eigenvalue weighted by atomic mass is 9.90. The number of hydrogen-bond acceptors (Lipinski definition) is 9. The second-order valence-electron chi connectivity index (χ2n) is 7.96. The van der Waals surface area contributed by atoms with Crippen LogP contribution in [0.3, 0.4) is 0 Å². The van der Waals surface area contributed by atoms with Crippen LogP contribution in [0.5, 0.6) is 5.75 Å². The minimum atomic E-state index is -1.07. The zero-order chi connectivity index (χ0) is 23.6. The van der Waals surface area contributed by atoms with Crippen molar-refractivity contribution in [3.63, 3.8) is 0 Å². The highest BCUT2D eigenvalue weighted by Crippen LogP contribution is 2.37. The van der Waals surface area contributed by atoms with E-state index in [1.54, 1.807) is 30.3 Å². The van der Waals surface area contributed by atoms with Crippen LogP contribution in [0.25, 0.3) is 10.9 Å². The smallest absolute Gasteiger partial charge is 0.248 e. The molecule has 33 heavy (non-hydrogen) atoms. The summed E-state index contributed by atoms with van der Waals surface area (Å²) in [6, 6.07) is 7.31. The van der Waals surface area contributed by atoms with Crippen molar-refractivity contribution < 1.29 is 24.5 Å². The zero-order valence-corrected chi connectivity index (χ0v) is 20.0. The summed E-state index contributed by atoms with van der Waals surface area (Å²) in [5.74, 6) is 0.463. The number of ether oxygens (including phenoxy) is 1. The largest absolute Gasteiger partial charge is 0.495 e. The predicted molar refractivity (Wildman–Crippen MR) is 127 cm³/mol. The minimum absolute atomic E-state index is 0.0416. The lowest BCUT2D eigenvalue weighted by molar-refractivity contribution is -0.138. The summed E-state index contributed by atoms with van der Waals surface area (Å²) in [5, 5.41) is 21.7. The number of likely N-dealkylation sites (tertiary alicyclic amines) is 1. The molecule has 2 N–H and O–H groups in total. The van der Waals surface area contributed by atoms with E-state index in [2.05, 4.69) is 9.97 Å². The molecule has 1 saturated heterocycles. The molecule has 0 radical (unpaired) electrons. The first-order valence-electron chi connectivity index (χ1n) is 10.5. The molecule has 0 aliphatic carbocycles. The monoisotopic (exact) mass is 487 g/mol. The molecule has 0 unspecified atom stereocenters. The number of pyridine rings is 2. The predicted octanol–water partition coefficient (Wildman–Crippen LogP) is 2.79. The Kier molecular flexibility index (Phi) is 6.99. The number of nitrogens with zero attached hydrogens (tertiary/aromatic N) is 3. The van der Waals surface area contributed by atoms with E-state index < -0.39 is 12.2 Å². The number of aromatic nitrogens is 2. The molecule has 1 aliphatic rings. The molecule has 3 aromatic rings. The third kappa shape index (κ3) is 5.03. The van der Waals surface area contributed by atoms with E-state index in [0.717, 1.165) is 26.5 Å². The molecule has 0 bridgehead atoms. The molecule has 3 aromatic heterocycles. The van der Waals surface area contributed by atoms with Crippen molar-refractivity contribution in [2.45, 2.75) is 30.4 Å². The number of rotatable bonds is 7. The Morgan fingerprint density at radius 3 is 2.73 bits per heavy atom. The van der Waals surface area contributed by atoms with Crippen LogP contribution in [0.2, 0.25) is 0 Å². The van der Waals surface area contributed by atoms with Gasteiger partial charge in [-0.2, -0.15) is 0 Å². The summed E-state index contributed by atoms with van der Waals surface area (Å²) < 4.78 is 5.28. The molecule has 8 nitrogen and oxygen atoms in total. The molecule has 10 heteroatoms. The summed E-state index contributed by atoms with van der Waals surface area (Å²) in [6.45, 7) is 2.11. The van der Waals surface area contributed by atoms with Crippen molar-refractivity contribution in [2.24, 2.45) is 0 Å². The maximum Gasteiger partial charge on any atom is 0.248 e. The molecule has 0 saturated carbocycles.